The van der Waals surface area contributed by atoms with Crippen molar-refractivity contribution < 1.29 is 0 Å². The van der Waals surface area contributed by atoms with Crippen LogP contribution in [0.5, 0.6) is 0 Å². The molecule has 20 heavy (non-hydrogen) atoms. The Morgan fingerprint density at radius 2 is 1.95 bits per heavy atom. The molecule has 0 amide bonds. The lowest BCUT2D eigenvalue weighted by atomic mass is 10.1. The highest BCUT2D eigenvalue weighted by atomic mass is 32.1. The summed E-state index contributed by atoms with van der Waals surface area (Å²) in [5, 5.41) is 8.04. The number of hydrogen-bond acceptors (Lipinski definition) is 4. The maximum Gasteiger partial charge on any atom is 0.0746 e. The third-order valence-corrected chi connectivity index (χ3v) is 4.89. The molecule has 1 saturated heterocycles. The minimum atomic E-state index is 0.805. The van der Waals surface area contributed by atoms with Crippen molar-refractivity contribution in [2.75, 3.05) is 26.2 Å². The van der Waals surface area contributed by atoms with Gasteiger partial charge in [0.1, 0.15) is 0 Å². The standard InChI is InChI=1S/C16H17N3S/c1-2-4-14-12(3-1)16(19-8-6-17-7-9-19)13-5-10-20-15(13)11-18-14/h1-5,10,17H,6-9,11H2. The van der Waals surface area contributed by atoms with Crippen LogP contribution in [0.3, 0.4) is 0 Å². The van der Waals surface area contributed by atoms with Crippen molar-refractivity contribution in [2.24, 2.45) is 4.99 Å². The first-order chi connectivity index (χ1) is 9.93. The number of para-hydroxylation sites is 1. The zero-order valence-corrected chi connectivity index (χ0v) is 12.1. The van der Waals surface area contributed by atoms with Crippen LogP contribution in [0.1, 0.15) is 10.4 Å². The van der Waals surface area contributed by atoms with E-state index >= 15 is 0 Å². The number of thiophene rings is 1. The molecular weight excluding hydrogens is 266 g/mol. The van der Waals surface area contributed by atoms with Crippen LogP contribution in [0.15, 0.2) is 40.7 Å². The fourth-order valence-corrected chi connectivity index (χ4v) is 3.82. The van der Waals surface area contributed by atoms with Crippen LogP contribution in [-0.4, -0.2) is 31.1 Å². The summed E-state index contributed by atoms with van der Waals surface area (Å²) >= 11 is 1.82. The highest BCUT2D eigenvalue weighted by Crippen LogP contribution is 2.27. The second-order valence-corrected chi connectivity index (χ2v) is 6.18. The number of rotatable bonds is 1. The van der Waals surface area contributed by atoms with Gasteiger partial charge in [0.25, 0.3) is 0 Å². The van der Waals surface area contributed by atoms with Gasteiger partial charge >= 0.3 is 0 Å². The maximum absolute atomic E-state index is 4.79. The molecule has 0 saturated carbocycles. The number of benzene rings is 1. The van der Waals surface area contributed by atoms with Crippen molar-refractivity contribution in [2.45, 2.75) is 6.54 Å². The van der Waals surface area contributed by atoms with Gasteiger partial charge in [-0.25, -0.2) is 0 Å². The molecule has 0 unspecified atom stereocenters. The molecule has 1 fully saturated rings. The van der Waals surface area contributed by atoms with E-state index in [-0.39, 0.29) is 0 Å². The fraction of sp³-hybridized carbons (Fsp3) is 0.312. The molecule has 3 heterocycles. The van der Waals surface area contributed by atoms with Crippen LogP contribution >= 0.6 is 11.3 Å². The average molecular weight is 283 g/mol. The SMILES string of the molecule is c1ccc2c(c1)=NCc1sccc1C=2N1CCNCC1. The quantitative estimate of drug-likeness (QED) is 0.843. The molecule has 1 N–H and O–H groups in total. The molecule has 0 spiro atoms. The van der Waals surface area contributed by atoms with Crippen molar-refractivity contribution in [3.63, 3.8) is 0 Å². The lowest BCUT2D eigenvalue weighted by molar-refractivity contribution is 0.339. The van der Waals surface area contributed by atoms with Crippen LogP contribution in [0.25, 0.3) is 5.70 Å². The molecule has 4 rings (SSSR count). The van der Waals surface area contributed by atoms with Gasteiger partial charge in [-0.05, 0) is 17.5 Å². The minimum absolute atomic E-state index is 0.805. The molecule has 0 aliphatic carbocycles. The van der Waals surface area contributed by atoms with E-state index in [0.29, 0.717) is 0 Å². The summed E-state index contributed by atoms with van der Waals surface area (Å²) in [6.45, 7) is 5.06. The number of nitrogens with one attached hydrogen (secondary N) is 1. The Kier molecular flexibility index (Phi) is 3.05. The van der Waals surface area contributed by atoms with E-state index in [2.05, 4.69) is 45.9 Å². The van der Waals surface area contributed by atoms with Crippen molar-refractivity contribution in [1.29, 1.82) is 0 Å². The van der Waals surface area contributed by atoms with Crippen LogP contribution in [0.2, 0.25) is 0 Å². The first-order valence-corrected chi connectivity index (χ1v) is 7.98. The summed E-state index contributed by atoms with van der Waals surface area (Å²) in [6, 6.07) is 10.8. The van der Waals surface area contributed by atoms with Crippen LogP contribution in [0, 0.1) is 0 Å². The van der Waals surface area contributed by atoms with Crippen molar-refractivity contribution in [3.05, 3.63) is 56.7 Å². The van der Waals surface area contributed by atoms with Crippen molar-refractivity contribution in [3.8, 4) is 0 Å². The highest BCUT2D eigenvalue weighted by Gasteiger charge is 2.20. The predicted octanol–water partition coefficient (Wildman–Crippen LogP) is 0.943. The van der Waals surface area contributed by atoms with Crippen molar-refractivity contribution in [1.82, 2.24) is 10.2 Å². The van der Waals surface area contributed by atoms with Gasteiger partial charge < -0.3 is 10.2 Å². The molecule has 2 aromatic rings. The van der Waals surface area contributed by atoms with Gasteiger partial charge in [-0.15, -0.1) is 11.3 Å². The molecule has 3 nitrogen and oxygen atoms in total. The van der Waals surface area contributed by atoms with Gasteiger partial charge in [0, 0.05) is 41.8 Å². The average Bonchev–Trinajstić information content (AvgIpc) is 2.90. The van der Waals surface area contributed by atoms with Gasteiger partial charge in [0.15, 0.2) is 0 Å². The van der Waals surface area contributed by atoms with Crippen molar-refractivity contribution >= 4 is 17.0 Å². The third-order valence-electron chi connectivity index (χ3n) is 3.99. The Balaban J connectivity index is 2.00. The Morgan fingerprint density at radius 1 is 1.10 bits per heavy atom. The van der Waals surface area contributed by atoms with E-state index in [0.717, 1.165) is 38.1 Å². The van der Waals surface area contributed by atoms with Crippen LogP contribution in [0.4, 0.5) is 0 Å². The zero-order chi connectivity index (χ0) is 13.4. The molecular formula is C16H17N3S. The Bertz CT molecular complexity index is 741. The van der Waals surface area contributed by atoms with Gasteiger partial charge in [-0.3, -0.25) is 4.99 Å². The monoisotopic (exact) mass is 283 g/mol. The first-order valence-electron chi connectivity index (χ1n) is 7.10. The second-order valence-electron chi connectivity index (χ2n) is 5.18. The van der Waals surface area contributed by atoms with Gasteiger partial charge in [0.2, 0.25) is 0 Å². The number of piperazine rings is 1. The van der Waals surface area contributed by atoms with E-state index in [1.54, 1.807) is 0 Å². The Labute approximate surface area is 122 Å². The van der Waals surface area contributed by atoms with E-state index in [9.17, 15) is 0 Å². The van der Waals surface area contributed by atoms with Gasteiger partial charge in [0.05, 0.1) is 17.6 Å². The summed E-state index contributed by atoms with van der Waals surface area (Å²) in [7, 11) is 0. The number of hydrogen-bond donors (Lipinski definition) is 1. The number of fused-ring (bicyclic) bond motifs is 2. The largest absolute Gasteiger partial charge is 0.368 e. The Morgan fingerprint density at radius 3 is 2.85 bits per heavy atom. The van der Waals surface area contributed by atoms with Crippen LogP contribution in [-0.2, 0) is 6.54 Å². The molecule has 0 radical (unpaired) electrons. The Hall–Kier alpha value is -1.65. The zero-order valence-electron chi connectivity index (χ0n) is 11.3. The fourth-order valence-electron chi connectivity index (χ4n) is 3.02. The molecule has 2 aliphatic rings. The van der Waals surface area contributed by atoms with Gasteiger partial charge in [-0.1, -0.05) is 18.2 Å². The lowest BCUT2D eigenvalue weighted by Crippen LogP contribution is -2.45. The van der Waals surface area contributed by atoms with E-state index in [4.69, 9.17) is 4.99 Å². The summed E-state index contributed by atoms with van der Waals surface area (Å²) in [5.41, 5.74) is 2.75. The molecule has 4 heteroatoms. The smallest absolute Gasteiger partial charge is 0.0746 e. The van der Waals surface area contributed by atoms with E-state index < -0.39 is 0 Å². The summed E-state index contributed by atoms with van der Waals surface area (Å²) in [5.74, 6) is 0. The molecule has 2 aliphatic heterocycles. The normalized spacial score (nSPS) is 18.0. The van der Waals surface area contributed by atoms with E-state index in [1.165, 1.54) is 21.4 Å². The van der Waals surface area contributed by atoms with E-state index in [1.807, 2.05) is 11.3 Å². The molecule has 0 bridgehead atoms. The second kappa shape index (κ2) is 5.04. The third kappa shape index (κ3) is 1.96. The minimum Gasteiger partial charge on any atom is -0.368 e. The van der Waals surface area contributed by atoms with Gasteiger partial charge in [-0.2, -0.15) is 0 Å². The summed E-state index contributed by atoms with van der Waals surface area (Å²) < 4.78 is 0. The predicted molar refractivity (Wildman–Crippen MR) is 82.2 cm³/mol. The molecule has 0 atom stereocenters. The van der Waals surface area contributed by atoms with Crippen LogP contribution < -0.4 is 15.9 Å². The summed E-state index contributed by atoms with van der Waals surface area (Å²) in [4.78, 5) is 8.69. The summed E-state index contributed by atoms with van der Waals surface area (Å²) in [6.07, 6.45) is 0. The number of nitrogens with zero attached hydrogens (tertiary/aromatic N) is 2. The topological polar surface area (TPSA) is 27.6 Å². The molecule has 102 valence electrons. The molecule has 1 aromatic carbocycles. The first kappa shape index (κ1) is 12.1. The maximum atomic E-state index is 4.79. The lowest BCUT2D eigenvalue weighted by Gasteiger charge is -2.31. The highest BCUT2D eigenvalue weighted by molar-refractivity contribution is 7.10. The molecule has 1 aromatic heterocycles.